The predicted octanol–water partition coefficient (Wildman–Crippen LogP) is 9.89. The maximum atomic E-state index is 12.4. The fourth-order valence-electron chi connectivity index (χ4n) is 8.28. The van der Waals surface area contributed by atoms with Gasteiger partial charge in [0, 0.05) is 81.0 Å². The Morgan fingerprint density at radius 3 is 2.12 bits per heavy atom. The molecule has 6 N–H and O–H groups in total. The normalized spacial score (nSPS) is 15.5. The highest BCUT2D eigenvalue weighted by atomic mass is 35.5. The minimum Gasteiger partial charge on any atom is -0.493 e. The van der Waals surface area contributed by atoms with E-state index < -0.39 is 5.91 Å². The molecule has 5 rings (SSSR count). The van der Waals surface area contributed by atoms with Crippen LogP contribution in [0.15, 0.2) is 55.3 Å². The topological polar surface area (TPSA) is 239 Å². The van der Waals surface area contributed by atoms with Crippen LogP contribution in [-0.4, -0.2) is 115 Å². The number of nitrogens with one attached hydrogen (secondary N) is 4. The molecule has 0 radical (unpaired) electrons. The van der Waals surface area contributed by atoms with Gasteiger partial charge < -0.3 is 45.9 Å². The molecule has 74 heavy (non-hydrogen) atoms. The van der Waals surface area contributed by atoms with Gasteiger partial charge in [-0.05, 0) is 93.7 Å². The van der Waals surface area contributed by atoms with Crippen LogP contribution in [0.5, 0.6) is 5.75 Å². The number of rotatable bonds is 38. The molecule has 0 bridgehead atoms. The number of halogens is 1. The average Bonchev–Trinajstić information content (AvgIpc) is 3.94. The van der Waals surface area contributed by atoms with Crippen LogP contribution in [0.1, 0.15) is 138 Å². The van der Waals surface area contributed by atoms with E-state index in [0.29, 0.717) is 124 Å². The van der Waals surface area contributed by atoms with Crippen molar-refractivity contribution in [2.24, 2.45) is 5.73 Å². The highest BCUT2D eigenvalue weighted by Gasteiger charge is 2.42. The Kier molecular flexibility index (Phi) is 28.9. The molecule has 2 saturated heterocycles. The molecule has 2 aliphatic heterocycles. The number of Topliss-reactive ketones (excluding diaryl/α,β-unsaturated/α-hetero) is 3. The number of nitrogens with zero attached hydrogens (tertiary/aromatic N) is 2. The third-order valence-corrected chi connectivity index (χ3v) is 14.2. The summed E-state index contributed by atoms with van der Waals surface area (Å²) in [5.41, 5.74) is 8.57. The lowest BCUT2D eigenvalue weighted by Crippen LogP contribution is -2.36. The number of fused-ring (bicyclic) bond motifs is 1. The molecular formula is C55H78ClN7O10S. The van der Waals surface area contributed by atoms with E-state index in [9.17, 15) is 28.8 Å². The molecule has 17 nitrogen and oxygen atoms in total. The quantitative estimate of drug-likeness (QED) is 0.0204. The SMILES string of the molecule is C=CC(=O)Cc1ccccc1Nc1nc(Nc2cc(C(N)=O)c(OCCCCC(=O)CCCC(=O)CCCCOCCOCCOC)cc2C)ncc1Cl.CCCCCC(=O)CCCC[C@@H]1SC[C@@H]2NC(=O)N[C@@H]21. The Hall–Kier alpha value is -5.40. The van der Waals surface area contributed by atoms with E-state index in [1.807, 2.05) is 43.0 Å². The van der Waals surface area contributed by atoms with Crippen molar-refractivity contribution in [3.63, 3.8) is 0 Å². The monoisotopic (exact) mass is 1060 g/mol. The van der Waals surface area contributed by atoms with Gasteiger partial charge in [0.05, 0.1) is 56.9 Å². The molecule has 3 atom stereocenters. The van der Waals surface area contributed by atoms with E-state index >= 15 is 0 Å². The predicted molar refractivity (Wildman–Crippen MR) is 292 cm³/mol. The maximum absolute atomic E-state index is 12.4. The van der Waals surface area contributed by atoms with Gasteiger partial charge >= 0.3 is 6.03 Å². The number of nitrogens with two attached hydrogens (primary N) is 1. The summed E-state index contributed by atoms with van der Waals surface area (Å²) < 4.78 is 21.7. The summed E-state index contributed by atoms with van der Waals surface area (Å²) in [4.78, 5) is 80.7. The Morgan fingerprint density at radius 2 is 1.45 bits per heavy atom. The fraction of sp³-hybridized carbons (Fsp3) is 0.564. The third kappa shape index (κ3) is 23.0. The molecule has 3 heterocycles. The van der Waals surface area contributed by atoms with Crippen molar-refractivity contribution in [1.29, 1.82) is 0 Å². The number of allylic oxidation sites excluding steroid dienone is 1. The molecule has 2 aliphatic rings. The van der Waals surface area contributed by atoms with Crippen molar-refractivity contribution < 1.29 is 47.7 Å². The number of hydrogen-bond acceptors (Lipinski definition) is 15. The molecule has 2 fully saturated rings. The van der Waals surface area contributed by atoms with E-state index in [4.69, 9.17) is 36.3 Å². The molecule has 19 heteroatoms. The average molecular weight is 1060 g/mol. The van der Waals surface area contributed by atoms with Gasteiger partial charge in [-0.15, -0.1) is 0 Å². The number of unbranched alkanes of at least 4 members (excludes halogenated alkanes) is 5. The molecule has 3 amide bonds. The summed E-state index contributed by atoms with van der Waals surface area (Å²) in [5, 5.41) is 13.1. The second-order valence-electron chi connectivity index (χ2n) is 18.4. The number of amides is 3. The number of ketones is 4. The first-order valence-corrected chi connectivity index (χ1v) is 27.5. The number of urea groups is 1. The Morgan fingerprint density at radius 1 is 0.811 bits per heavy atom. The lowest BCUT2D eigenvalue weighted by Gasteiger charge is -2.16. The number of para-hydroxylation sites is 1. The van der Waals surface area contributed by atoms with E-state index in [1.54, 1.807) is 19.2 Å². The molecule has 406 valence electrons. The second-order valence-corrected chi connectivity index (χ2v) is 20.1. The molecule has 0 unspecified atom stereocenters. The summed E-state index contributed by atoms with van der Waals surface area (Å²) in [6, 6.07) is 11.2. The van der Waals surface area contributed by atoms with Crippen molar-refractivity contribution >= 4 is 81.6 Å². The van der Waals surface area contributed by atoms with Gasteiger partial charge in [-0.1, -0.05) is 62.6 Å². The number of ether oxygens (including phenoxy) is 4. The number of aryl methyl sites for hydroxylation is 1. The Bertz CT molecular complexity index is 2290. The molecule has 0 spiro atoms. The summed E-state index contributed by atoms with van der Waals surface area (Å²) in [7, 11) is 1.63. The molecule has 0 saturated carbocycles. The van der Waals surface area contributed by atoms with Gasteiger partial charge in [0.15, 0.2) is 11.6 Å². The first-order valence-electron chi connectivity index (χ1n) is 26.1. The van der Waals surface area contributed by atoms with Gasteiger partial charge in [-0.3, -0.25) is 24.0 Å². The lowest BCUT2D eigenvalue weighted by molar-refractivity contribution is -0.121. The van der Waals surface area contributed by atoms with Crippen LogP contribution in [0.4, 0.5) is 27.9 Å². The highest BCUT2D eigenvalue weighted by Crippen LogP contribution is 2.34. The first kappa shape index (κ1) is 61.1. The van der Waals surface area contributed by atoms with E-state index in [-0.39, 0.29) is 52.9 Å². The van der Waals surface area contributed by atoms with Crippen LogP contribution < -0.4 is 31.7 Å². The number of carbonyl (C=O) groups excluding carboxylic acids is 6. The van der Waals surface area contributed by atoms with Gasteiger partial charge in [-0.25, -0.2) is 9.78 Å². The van der Waals surface area contributed by atoms with E-state index in [1.165, 1.54) is 25.1 Å². The highest BCUT2D eigenvalue weighted by molar-refractivity contribution is 8.00. The van der Waals surface area contributed by atoms with Crippen LogP contribution >= 0.6 is 23.4 Å². The molecular weight excluding hydrogens is 986 g/mol. The third-order valence-electron chi connectivity index (χ3n) is 12.5. The van der Waals surface area contributed by atoms with Crippen LogP contribution in [0, 0.1) is 6.92 Å². The van der Waals surface area contributed by atoms with E-state index in [0.717, 1.165) is 68.2 Å². The molecule has 2 aromatic carbocycles. The van der Waals surface area contributed by atoms with Crippen molar-refractivity contribution in [1.82, 2.24) is 20.6 Å². The maximum Gasteiger partial charge on any atom is 0.315 e. The summed E-state index contributed by atoms with van der Waals surface area (Å²) in [5.74, 6) is 1.78. The summed E-state index contributed by atoms with van der Waals surface area (Å²) >= 11 is 8.35. The standard InChI is InChI=1S/C40H52ClN5O8.C15H26N2O2S/c1-4-30(47)25-29-12-5-6-17-35(29)44-39-34(41)27-43-40(46-39)45-36-26-33(38(42)50)37(24-28(36)2)54-19-10-8-14-32(49)16-11-15-31(48)13-7-9-18-52-22-23-53-21-20-51-3;1-2-3-4-7-11(18)8-5-6-9-13-14-12(10-20-13)16-15(19)17-14/h4-6,12,17,24,26-27H,1,7-11,13-16,18-23,25H2,2-3H3,(H2,42,50)(H2,43,44,45,46);12-14H,2-10H2,1H3,(H2,16,17,19)/t;12-,13-,14-/m.0/s1. The smallest absolute Gasteiger partial charge is 0.315 e. The van der Waals surface area contributed by atoms with Crippen LogP contribution in [-0.2, 0) is 39.8 Å². The zero-order chi connectivity index (χ0) is 53.5. The number of hydrogen-bond donors (Lipinski definition) is 5. The number of benzene rings is 2. The van der Waals surface area contributed by atoms with Gasteiger partial charge in [0.1, 0.15) is 28.1 Å². The fourth-order valence-corrected chi connectivity index (χ4v) is 9.97. The molecule has 3 aromatic rings. The van der Waals surface area contributed by atoms with Crippen molar-refractivity contribution in [3.05, 3.63) is 77.0 Å². The van der Waals surface area contributed by atoms with E-state index in [2.05, 4.69) is 44.7 Å². The minimum atomic E-state index is -0.671. The minimum absolute atomic E-state index is 0.0172. The summed E-state index contributed by atoms with van der Waals surface area (Å²) in [6.07, 6.45) is 16.0. The number of primary amides is 1. The van der Waals surface area contributed by atoms with Crippen molar-refractivity contribution in [3.8, 4) is 5.75 Å². The molecule has 1 aromatic heterocycles. The number of carbonyl (C=O) groups is 6. The molecule has 0 aliphatic carbocycles. The first-order chi connectivity index (χ1) is 35.8. The number of anilines is 4. The lowest BCUT2D eigenvalue weighted by atomic mass is 10.0. The van der Waals surface area contributed by atoms with Crippen molar-refractivity contribution in [2.75, 3.05) is 63.1 Å². The number of thioether (sulfide) groups is 1. The van der Waals surface area contributed by atoms with Gasteiger partial charge in [0.2, 0.25) is 5.95 Å². The second kappa shape index (κ2) is 35.0. The zero-order valence-electron chi connectivity index (χ0n) is 43.6. The zero-order valence-corrected chi connectivity index (χ0v) is 45.1. The van der Waals surface area contributed by atoms with Crippen LogP contribution in [0.2, 0.25) is 5.02 Å². The number of methoxy groups -OCH3 is 1. The summed E-state index contributed by atoms with van der Waals surface area (Å²) in [6.45, 7) is 10.6. The van der Waals surface area contributed by atoms with Crippen LogP contribution in [0.3, 0.4) is 0 Å². The van der Waals surface area contributed by atoms with Crippen molar-refractivity contribution in [2.45, 2.75) is 147 Å². The van der Waals surface area contributed by atoms with Gasteiger partial charge in [-0.2, -0.15) is 16.7 Å². The Balaban J connectivity index is 0.000000491. The largest absolute Gasteiger partial charge is 0.493 e. The number of aromatic nitrogens is 2. The van der Waals surface area contributed by atoms with Gasteiger partial charge in [0.25, 0.3) is 5.91 Å². The van der Waals surface area contributed by atoms with Crippen LogP contribution in [0.25, 0.3) is 0 Å². The Labute approximate surface area is 446 Å².